The van der Waals surface area contributed by atoms with Crippen molar-refractivity contribution < 1.29 is 9.21 Å². The molecule has 5 heteroatoms. The van der Waals surface area contributed by atoms with Crippen LogP contribution >= 0.6 is 0 Å². The van der Waals surface area contributed by atoms with Crippen molar-refractivity contribution >= 4 is 5.91 Å². The van der Waals surface area contributed by atoms with Crippen LogP contribution in [0.1, 0.15) is 32.6 Å². The highest BCUT2D eigenvalue weighted by Crippen LogP contribution is 2.17. The van der Waals surface area contributed by atoms with Gasteiger partial charge in [0.15, 0.2) is 0 Å². The van der Waals surface area contributed by atoms with Crippen molar-refractivity contribution in [1.82, 2.24) is 15.5 Å². The van der Waals surface area contributed by atoms with Crippen LogP contribution in [0.4, 0.5) is 0 Å². The summed E-state index contributed by atoms with van der Waals surface area (Å²) in [6.07, 6.45) is 1.65. The highest BCUT2D eigenvalue weighted by molar-refractivity contribution is 5.85. The van der Waals surface area contributed by atoms with Gasteiger partial charge in [-0.1, -0.05) is 6.92 Å². The molecule has 108 valence electrons. The first kappa shape index (κ1) is 15.7. The van der Waals surface area contributed by atoms with Gasteiger partial charge in [-0.2, -0.15) is 0 Å². The van der Waals surface area contributed by atoms with Crippen LogP contribution < -0.4 is 10.6 Å². The molecule has 1 amide bonds. The lowest BCUT2D eigenvalue weighted by molar-refractivity contribution is -0.126. The number of furan rings is 1. The molecule has 1 aromatic rings. The van der Waals surface area contributed by atoms with E-state index in [2.05, 4.69) is 10.6 Å². The van der Waals surface area contributed by atoms with Gasteiger partial charge >= 0.3 is 0 Å². The Morgan fingerprint density at radius 2 is 2.16 bits per heavy atom. The van der Waals surface area contributed by atoms with Crippen LogP contribution in [-0.4, -0.2) is 43.5 Å². The predicted octanol–water partition coefficient (Wildman–Crippen LogP) is 1.39. The van der Waals surface area contributed by atoms with Crippen LogP contribution in [-0.2, 0) is 4.79 Å². The van der Waals surface area contributed by atoms with Crippen molar-refractivity contribution in [1.29, 1.82) is 0 Å². The number of rotatable bonds is 7. The number of carbonyl (C=O) groups excluding carboxylic acids is 1. The Bertz CT molecular complexity index is 385. The molecular formula is C14H25N3O2. The first-order valence-corrected chi connectivity index (χ1v) is 6.61. The normalized spacial score (nSPS) is 13.6. The molecule has 1 heterocycles. The monoisotopic (exact) mass is 267 g/mol. The lowest BCUT2D eigenvalue weighted by Gasteiger charge is -2.27. The van der Waals surface area contributed by atoms with E-state index in [1.54, 1.807) is 6.26 Å². The summed E-state index contributed by atoms with van der Waals surface area (Å²) in [7, 11) is 3.93. The maximum Gasteiger partial charge on any atom is 0.239 e. The third-order valence-corrected chi connectivity index (χ3v) is 3.14. The molecule has 0 bridgehead atoms. The summed E-state index contributed by atoms with van der Waals surface area (Å²) in [5, 5.41) is 6.13. The summed E-state index contributed by atoms with van der Waals surface area (Å²) in [6, 6.07) is 3.82. The third kappa shape index (κ3) is 4.36. The summed E-state index contributed by atoms with van der Waals surface area (Å²) in [5.41, 5.74) is -0.561. The second-order valence-electron chi connectivity index (χ2n) is 5.36. The molecule has 0 aliphatic rings. The average Bonchev–Trinajstić information content (AvgIpc) is 2.82. The number of amides is 1. The Morgan fingerprint density at radius 1 is 1.47 bits per heavy atom. The molecule has 0 fully saturated rings. The molecule has 0 spiro atoms. The topological polar surface area (TPSA) is 57.5 Å². The minimum Gasteiger partial charge on any atom is -0.468 e. The highest BCUT2D eigenvalue weighted by atomic mass is 16.3. The van der Waals surface area contributed by atoms with Crippen molar-refractivity contribution in [3.63, 3.8) is 0 Å². The molecule has 0 aromatic carbocycles. The van der Waals surface area contributed by atoms with Gasteiger partial charge in [0.2, 0.25) is 5.91 Å². The summed E-state index contributed by atoms with van der Waals surface area (Å²) >= 11 is 0. The first-order chi connectivity index (χ1) is 8.88. The second kappa shape index (κ2) is 6.73. The van der Waals surface area contributed by atoms with Crippen LogP contribution in [0.5, 0.6) is 0 Å². The zero-order chi connectivity index (χ0) is 14.5. The number of hydrogen-bond acceptors (Lipinski definition) is 4. The van der Waals surface area contributed by atoms with Crippen LogP contribution in [0.25, 0.3) is 0 Å². The number of likely N-dealkylation sites (N-methyl/N-ethyl adjacent to an activating group) is 2. The van der Waals surface area contributed by atoms with Gasteiger partial charge in [-0.3, -0.25) is 9.69 Å². The Labute approximate surface area is 115 Å². The van der Waals surface area contributed by atoms with Crippen LogP contribution in [0.3, 0.4) is 0 Å². The molecule has 19 heavy (non-hydrogen) atoms. The standard InChI is InChI=1S/C14H25N3O2/c1-6-16-14(2,3)13(18)15-10-11(17(4)5)12-8-7-9-19-12/h7-9,11,16H,6,10H2,1-5H3,(H,15,18). The highest BCUT2D eigenvalue weighted by Gasteiger charge is 2.27. The van der Waals surface area contributed by atoms with Crippen LogP contribution in [0.15, 0.2) is 22.8 Å². The maximum atomic E-state index is 12.1. The largest absolute Gasteiger partial charge is 0.468 e. The van der Waals surface area contributed by atoms with Crippen molar-refractivity contribution in [3.8, 4) is 0 Å². The summed E-state index contributed by atoms with van der Waals surface area (Å²) in [6.45, 7) is 7.02. The van der Waals surface area contributed by atoms with E-state index in [0.29, 0.717) is 6.54 Å². The van der Waals surface area contributed by atoms with E-state index in [1.165, 1.54) is 0 Å². The lowest BCUT2D eigenvalue weighted by atomic mass is 10.0. The van der Waals surface area contributed by atoms with Crippen molar-refractivity contribution in [2.45, 2.75) is 32.4 Å². The van der Waals surface area contributed by atoms with Crippen molar-refractivity contribution in [2.75, 3.05) is 27.2 Å². The maximum absolute atomic E-state index is 12.1. The summed E-state index contributed by atoms with van der Waals surface area (Å²) < 4.78 is 5.41. The molecule has 0 saturated carbocycles. The molecular weight excluding hydrogens is 242 g/mol. The fourth-order valence-electron chi connectivity index (χ4n) is 1.95. The van der Waals surface area contributed by atoms with E-state index in [1.807, 2.05) is 51.9 Å². The van der Waals surface area contributed by atoms with Gasteiger partial charge in [0.05, 0.1) is 17.8 Å². The lowest BCUT2D eigenvalue weighted by Crippen LogP contribution is -2.53. The molecule has 5 nitrogen and oxygen atoms in total. The van der Waals surface area contributed by atoms with Gasteiger partial charge in [-0.25, -0.2) is 0 Å². The number of hydrogen-bond donors (Lipinski definition) is 2. The van der Waals surface area contributed by atoms with Crippen LogP contribution in [0, 0.1) is 0 Å². The Morgan fingerprint density at radius 3 is 2.63 bits per heavy atom. The minimum atomic E-state index is -0.561. The Kier molecular flexibility index (Phi) is 5.57. The first-order valence-electron chi connectivity index (χ1n) is 6.61. The van der Waals surface area contributed by atoms with Crippen molar-refractivity contribution in [3.05, 3.63) is 24.2 Å². The molecule has 2 N–H and O–H groups in total. The summed E-state index contributed by atoms with van der Waals surface area (Å²) in [5.74, 6) is 0.847. The van der Waals surface area contributed by atoms with Gasteiger partial charge in [-0.05, 0) is 46.6 Å². The van der Waals surface area contributed by atoms with E-state index in [0.717, 1.165) is 12.3 Å². The third-order valence-electron chi connectivity index (χ3n) is 3.14. The number of nitrogens with one attached hydrogen (secondary N) is 2. The van der Waals surface area contributed by atoms with Crippen LogP contribution in [0.2, 0.25) is 0 Å². The van der Waals surface area contributed by atoms with Crippen molar-refractivity contribution in [2.24, 2.45) is 0 Å². The zero-order valence-electron chi connectivity index (χ0n) is 12.5. The van der Waals surface area contributed by atoms with Gasteiger partial charge in [0, 0.05) is 6.54 Å². The second-order valence-corrected chi connectivity index (χ2v) is 5.36. The van der Waals surface area contributed by atoms with Gasteiger partial charge in [0.1, 0.15) is 5.76 Å². The Balaban J connectivity index is 2.61. The smallest absolute Gasteiger partial charge is 0.239 e. The Hall–Kier alpha value is -1.33. The average molecular weight is 267 g/mol. The molecule has 0 aliphatic carbocycles. The summed E-state index contributed by atoms with van der Waals surface area (Å²) in [4.78, 5) is 14.2. The quantitative estimate of drug-likeness (QED) is 0.784. The number of carbonyl (C=O) groups is 1. The van der Waals surface area contributed by atoms with E-state index in [9.17, 15) is 4.79 Å². The fraction of sp³-hybridized carbons (Fsp3) is 0.643. The predicted molar refractivity (Wildman–Crippen MR) is 75.9 cm³/mol. The minimum absolute atomic E-state index is 0.00671. The molecule has 1 unspecified atom stereocenters. The molecule has 1 rings (SSSR count). The van der Waals surface area contributed by atoms with E-state index >= 15 is 0 Å². The van der Waals surface area contributed by atoms with E-state index in [4.69, 9.17) is 4.42 Å². The molecule has 1 atom stereocenters. The fourth-order valence-corrected chi connectivity index (χ4v) is 1.95. The zero-order valence-corrected chi connectivity index (χ0v) is 12.5. The SMILES string of the molecule is CCNC(C)(C)C(=O)NCC(c1ccco1)N(C)C. The molecule has 0 radical (unpaired) electrons. The van der Waals surface area contributed by atoms with Gasteiger partial charge in [0.25, 0.3) is 0 Å². The van der Waals surface area contributed by atoms with Gasteiger partial charge in [-0.15, -0.1) is 0 Å². The molecule has 0 saturated heterocycles. The number of nitrogens with zero attached hydrogens (tertiary/aromatic N) is 1. The van der Waals surface area contributed by atoms with E-state index in [-0.39, 0.29) is 11.9 Å². The van der Waals surface area contributed by atoms with E-state index < -0.39 is 5.54 Å². The molecule has 0 aliphatic heterocycles. The molecule has 1 aromatic heterocycles. The van der Waals surface area contributed by atoms with Gasteiger partial charge < -0.3 is 15.1 Å².